The topological polar surface area (TPSA) is 75.5 Å². The molecule has 0 bridgehead atoms. The lowest BCUT2D eigenvalue weighted by molar-refractivity contribution is -0.123. The zero-order valence-corrected chi connectivity index (χ0v) is 19.6. The summed E-state index contributed by atoms with van der Waals surface area (Å²) in [5, 5.41) is 6.41. The maximum atomic E-state index is 13.2. The maximum Gasteiger partial charge on any atom is 0.268 e. The normalized spacial score (nSPS) is 16.1. The van der Waals surface area contributed by atoms with Crippen molar-refractivity contribution >= 4 is 17.5 Å². The maximum absolute atomic E-state index is 13.2. The van der Waals surface area contributed by atoms with Gasteiger partial charge in [0, 0.05) is 36.8 Å². The van der Waals surface area contributed by atoms with Crippen molar-refractivity contribution in [2.75, 3.05) is 6.54 Å². The molecule has 6 heteroatoms. The first-order valence-electron chi connectivity index (χ1n) is 12.0. The van der Waals surface area contributed by atoms with E-state index in [9.17, 15) is 9.59 Å². The molecule has 4 rings (SSSR count). The standard InChI is InChI=1S/C27H34N4O2/c1-20(2)17-27(21-9-4-3-5-10-21,18-25(32)30-22-11-6-7-12-22)19-29-26(33)23-13-8-14-24-28-15-16-31(23)24/h3-5,8-10,13-16,20,22H,6-7,11-12,17-19H2,1-2H3,(H,29,33)(H,30,32). The van der Waals surface area contributed by atoms with Gasteiger partial charge in [-0.15, -0.1) is 0 Å². The summed E-state index contributed by atoms with van der Waals surface area (Å²) in [6.07, 6.45) is 9.09. The number of rotatable bonds is 9. The summed E-state index contributed by atoms with van der Waals surface area (Å²) >= 11 is 0. The number of imidazole rings is 1. The van der Waals surface area contributed by atoms with Crippen molar-refractivity contribution in [3.63, 3.8) is 0 Å². The number of nitrogens with one attached hydrogen (secondary N) is 2. The van der Waals surface area contributed by atoms with Crippen LogP contribution in [0.5, 0.6) is 0 Å². The number of aromatic nitrogens is 2. The highest BCUT2D eigenvalue weighted by atomic mass is 16.2. The van der Waals surface area contributed by atoms with E-state index in [0.717, 1.165) is 30.5 Å². The van der Waals surface area contributed by atoms with Crippen LogP contribution in [0.25, 0.3) is 5.65 Å². The van der Waals surface area contributed by atoms with Crippen LogP contribution in [-0.4, -0.2) is 33.8 Å². The van der Waals surface area contributed by atoms with E-state index in [0.29, 0.717) is 24.6 Å². The second kappa shape index (κ2) is 10.2. The second-order valence-corrected chi connectivity index (χ2v) is 9.72. The van der Waals surface area contributed by atoms with Crippen LogP contribution in [-0.2, 0) is 10.2 Å². The number of hydrogen-bond acceptors (Lipinski definition) is 3. The fraction of sp³-hybridized carbons (Fsp3) is 0.444. The van der Waals surface area contributed by atoms with Gasteiger partial charge in [0.25, 0.3) is 5.91 Å². The Kier molecular flexibility index (Phi) is 7.11. The number of amides is 2. The molecule has 1 aromatic carbocycles. The summed E-state index contributed by atoms with van der Waals surface area (Å²) in [5.74, 6) is 0.259. The summed E-state index contributed by atoms with van der Waals surface area (Å²) in [7, 11) is 0. The van der Waals surface area contributed by atoms with Gasteiger partial charge >= 0.3 is 0 Å². The Labute approximate surface area is 195 Å². The Bertz CT molecular complexity index is 1090. The largest absolute Gasteiger partial charge is 0.353 e. The number of carbonyl (C=O) groups is 2. The van der Waals surface area contributed by atoms with Gasteiger partial charge in [0.1, 0.15) is 11.3 Å². The lowest BCUT2D eigenvalue weighted by atomic mass is 9.71. The van der Waals surface area contributed by atoms with Crippen LogP contribution in [0.3, 0.4) is 0 Å². The third-order valence-corrected chi connectivity index (χ3v) is 6.65. The van der Waals surface area contributed by atoms with Gasteiger partial charge in [-0.05, 0) is 42.9 Å². The van der Waals surface area contributed by atoms with E-state index in [-0.39, 0.29) is 17.9 Å². The van der Waals surface area contributed by atoms with E-state index in [1.807, 2.05) is 30.3 Å². The van der Waals surface area contributed by atoms with Crippen LogP contribution in [0, 0.1) is 5.92 Å². The summed E-state index contributed by atoms with van der Waals surface area (Å²) in [6.45, 7) is 4.72. The van der Waals surface area contributed by atoms with E-state index < -0.39 is 5.41 Å². The van der Waals surface area contributed by atoms with Crippen LogP contribution in [0.1, 0.15) is 68.4 Å². The zero-order chi connectivity index (χ0) is 23.3. The second-order valence-electron chi connectivity index (χ2n) is 9.72. The molecule has 174 valence electrons. The first kappa shape index (κ1) is 23.0. The predicted molar refractivity (Wildman–Crippen MR) is 130 cm³/mol. The molecule has 0 spiro atoms. The minimum absolute atomic E-state index is 0.0670. The number of fused-ring (bicyclic) bond motifs is 1. The Balaban J connectivity index is 1.59. The lowest BCUT2D eigenvalue weighted by Gasteiger charge is -2.36. The van der Waals surface area contributed by atoms with Gasteiger partial charge in [-0.3, -0.25) is 14.0 Å². The first-order valence-corrected chi connectivity index (χ1v) is 12.0. The van der Waals surface area contributed by atoms with Crippen LogP contribution < -0.4 is 10.6 Å². The van der Waals surface area contributed by atoms with Gasteiger partial charge in [0.05, 0.1) is 0 Å². The Hall–Kier alpha value is -3.15. The van der Waals surface area contributed by atoms with E-state index in [1.165, 1.54) is 12.8 Å². The van der Waals surface area contributed by atoms with E-state index in [4.69, 9.17) is 0 Å². The van der Waals surface area contributed by atoms with Crippen molar-refractivity contribution in [3.8, 4) is 0 Å². The molecule has 1 aliphatic carbocycles. The number of pyridine rings is 1. The highest BCUT2D eigenvalue weighted by Crippen LogP contribution is 2.35. The summed E-state index contributed by atoms with van der Waals surface area (Å²) in [6, 6.07) is 15.9. The Morgan fingerprint density at radius 1 is 1.09 bits per heavy atom. The molecule has 0 radical (unpaired) electrons. The van der Waals surface area contributed by atoms with Crippen molar-refractivity contribution in [3.05, 3.63) is 72.2 Å². The third kappa shape index (κ3) is 5.44. The van der Waals surface area contributed by atoms with Gasteiger partial charge in [0.2, 0.25) is 5.91 Å². The molecule has 33 heavy (non-hydrogen) atoms. The SMILES string of the molecule is CC(C)CC(CNC(=O)c1cccc2nccn12)(CC(=O)NC1CCCC1)c1ccccc1. The lowest BCUT2D eigenvalue weighted by Crippen LogP contribution is -2.46. The minimum atomic E-state index is -0.489. The van der Waals surface area contributed by atoms with Crippen molar-refractivity contribution < 1.29 is 9.59 Å². The highest BCUT2D eigenvalue weighted by Gasteiger charge is 2.36. The molecule has 3 aromatic rings. The molecule has 1 saturated carbocycles. The molecule has 1 unspecified atom stereocenters. The number of benzene rings is 1. The molecule has 1 aliphatic rings. The van der Waals surface area contributed by atoms with E-state index in [1.54, 1.807) is 22.9 Å². The molecule has 6 nitrogen and oxygen atoms in total. The van der Waals surface area contributed by atoms with Crippen LogP contribution in [0.4, 0.5) is 0 Å². The van der Waals surface area contributed by atoms with Crippen molar-refractivity contribution in [1.82, 2.24) is 20.0 Å². The molecule has 1 fully saturated rings. The average molecular weight is 447 g/mol. The fourth-order valence-electron chi connectivity index (χ4n) is 5.23. The summed E-state index contributed by atoms with van der Waals surface area (Å²) in [5.41, 5.74) is 1.86. The minimum Gasteiger partial charge on any atom is -0.353 e. The van der Waals surface area contributed by atoms with Crippen molar-refractivity contribution in [2.45, 2.75) is 63.8 Å². The van der Waals surface area contributed by atoms with Gasteiger partial charge in [0.15, 0.2) is 0 Å². The molecule has 0 aliphatic heterocycles. The summed E-state index contributed by atoms with van der Waals surface area (Å²) in [4.78, 5) is 30.7. The van der Waals surface area contributed by atoms with Gasteiger partial charge in [-0.2, -0.15) is 0 Å². The number of hydrogen-bond donors (Lipinski definition) is 2. The Morgan fingerprint density at radius 3 is 2.58 bits per heavy atom. The predicted octanol–water partition coefficient (Wildman–Crippen LogP) is 4.50. The molecular weight excluding hydrogens is 412 g/mol. The summed E-state index contributed by atoms with van der Waals surface area (Å²) < 4.78 is 1.79. The smallest absolute Gasteiger partial charge is 0.268 e. The van der Waals surface area contributed by atoms with E-state index in [2.05, 4.69) is 41.6 Å². The molecule has 1 atom stereocenters. The molecular formula is C27H34N4O2. The zero-order valence-electron chi connectivity index (χ0n) is 19.6. The van der Waals surface area contributed by atoms with Crippen LogP contribution >= 0.6 is 0 Å². The molecule has 2 aromatic heterocycles. The number of nitrogens with zero attached hydrogens (tertiary/aromatic N) is 2. The first-order chi connectivity index (χ1) is 16.0. The van der Waals surface area contributed by atoms with Crippen molar-refractivity contribution in [1.29, 1.82) is 0 Å². The van der Waals surface area contributed by atoms with Crippen LogP contribution in [0.2, 0.25) is 0 Å². The van der Waals surface area contributed by atoms with Gasteiger partial charge in [-0.25, -0.2) is 4.98 Å². The quantitative estimate of drug-likeness (QED) is 0.508. The molecule has 0 saturated heterocycles. The molecule has 2 amide bonds. The van der Waals surface area contributed by atoms with Gasteiger partial charge in [-0.1, -0.05) is 63.1 Å². The Morgan fingerprint density at radius 2 is 1.85 bits per heavy atom. The van der Waals surface area contributed by atoms with E-state index >= 15 is 0 Å². The van der Waals surface area contributed by atoms with Crippen LogP contribution in [0.15, 0.2) is 60.9 Å². The molecule has 2 N–H and O–H groups in total. The van der Waals surface area contributed by atoms with Gasteiger partial charge < -0.3 is 10.6 Å². The average Bonchev–Trinajstić information content (AvgIpc) is 3.49. The molecule has 2 heterocycles. The fourth-order valence-corrected chi connectivity index (χ4v) is 5.23. The third-order valence-electron chi connectivity index (χ3n) is 6.65. The number of carbonyl (C=O) groups excluding carboxylic acids is 2. The van der Waals surface area contributed by atoms with Crippen molar-refractivity contribution in [2.24, 2.45) is 5.92 Å². The monoisotopic (exact) mass is 446 g/mol. The highest BCUT2D eigenvalue weighted by molar-refractivity contribution is 5.93.